The van der Waals surface area contributed by atoms with Crippen molar-refractivity contribution in [1.29, 1.82) is 0 Å². The molecule has 1 N–H and O–H groups in total. The van der Waals surface area contributed by atoms with Crippen LogP contribution < -0.4 is 23.8 Å². The fraction of sp³-hybridized carbons (Fsp3) is 0.355. The lowest BCUT2D eigenvalue weighted by Gasteiger charge is -2.33. The zero-order valence-electron chi connectivity index (χ0n) is 24.7. The fourth-order valence-corrected chi connectivity index (χ4v) is 5.86. The van der Waals surface area contributed by atoms with Gasteiger partial charge in [0.25, 0.3) is 10.0 Å². The summed E-state index contributed by atoms with van der Waals surface area (Å²) in [5.74, 6) is 0.563. The molecule has 0 fully saturated rings. The summed E-state index contributed by atoms with van der Waals surface area (Å²) in [5, 5.41) is 2.88. The summed E-state index contributed by atoms with van der Waals surface area (Å²) in [7, 11) is 0.224. The standard InChI is InChI=1S/C31H39N3O7S/c1-6-20-32-31(36)27(7-2)33(21-23-12-14-24(39-3)15-13-23)30(35)22-34(28-10-8-9-11-29(28)41-5)42(37,38)26-18-16-25(40-4)17-19-26/h8-19,27H,6-7,20-22H2,1-5H3,(H,32,36)/t27-/m0/s1. The largest absolute Gasteiger partial charge is 0.497 e. The number of hydrogen-bond acceptors (Lipinski definition) is 7. The summed E-state index contributed by atoms with van der Waals surface area (Å²) in [6, 6.07) is 18.8. The zero-order valence-corrected chi connectivity index (χ0v) is 25.5. The molecule has 0 saturated heterocycles. The third-order valence-electron chi connectivity index (χ3n) is 6.73. The lowest BCUT2D eigenvalue weighted by atomic mass is 10.1. The lowest BCUT2D eigenvalue weighted by Crippen LogP contribution is -2.52. The third kappa shape index (κ3) is 7.73. The molecule has 1 atom stereocenters. The molecule has 3 aromatic rings. The monoisotopic (exact) mass is 597 g/mol. The highest BCUT2D eigenvalue weighted by molar-refractivity contribution is 7.92. The summed E-state index contributed by atoms with van der Waals surface area (Å²) in [4.78, 5) is 28.8. The molecule has 11 heteroatoms. The Balaban J connectivity index is 2.08. The highest BCUT2D eigenvalue weighted by atomic mass is 32.2. The van der Waals surface area contributed by atoms with Crippen LogP contribution in [-0.4, -0.2) is 65.6 Å². The normalized spacial score (nSPS) is 11.7. The molecular weight excluding hydrogens is 558 g/mol. The van der Waals surface area contributed by atoms with E-state index < -0.39 is 28.5 Å². The van der Waals surface area contributed by atoms with E-state index in [9.17, 15) is 18.0 Å². The number of amides is 2. The van der Waals surface area contributed by atoms with Crippen LogP contribution in [0.5, 0.6) is 17.2 Å². The van der Waals surface area contributed by atoms with Crippen LogP contribution in [0.4, 0.5) is 5.69 Å². The SMILES string of the molecule is CCCNC(=O)[C@H](CC)N(Cc1ccc(OC)cc1)C(=O)CN(c1ccccc1OC)S(=O)(=O)c1ccc(OC)cc1. The van der Waals surface area contributed by atoms with E-state index in [0.29, 0.717) is 24.5 Å². The van der Waals surface area contributed by atoms with E-state index in [-0.39, 0.29) is 28.8 Å². The molecule has 0 radical (unpaired) electrons. The molecule has 0 saturated carbocycles. The molecule has 0 aromatic heterocycles. The van der Waals surface area contributed by atoms with Crippen LogP contribution in [0.2, 0.25) is 0 Å². The van der Waals surface area contributed by atoms with Crippen LogP contribution in [0.1, 0.15) is 32.3 Å². The number of nitrogens with one attached hydrogen (secondary N) is 1. The lowest BCUT2D eigenvalue weighted by molar-refractivity contribution is -0.140. The van der Waals surface area contributed by atoms with Crippen molar-refractivity contribution < 1.29 is 32.2 Å². The molecule has 3 rings (SSSR count). The summed E-state index contributed by atoms with van der Waals surface area (Å²) < 4.78 is 45.1. The smallest absolute Gasteiger partial charge is 0.264 e. The van der Waals surface area contributed by atoms with Gasteiger partial charge >= 0.3 is 0 Å². The van der Waals surface area contributed by atoms with Crippen molar-refractivity contribution in [2.75, 3.05) is 38.7 Å². The number of carbonyl (C=O) groups is 2. The van der Waals surface area contributed by atoms with Crippen molar-refractivity contribution in [1.82, 2.24) is 10.2 Å². The molecule has 3 aromatic carbocycles. The Kier molecular flexibility index (Phi) is 11.6. The summed E-state index contributed by atoms with van der Waals surface area (Å²) in [6.07, 6.45) is 1.06. The molecule has 10 nitrogen and oxygen atoms in total. The zero-order chi connectivity index (χ0) is 30.7. The van der Waals surface area contributed by atoms with Gasteiger partial charge in [0.1, 0.15) is 29.8 Å². The first kappa shape index (κ1) is 32.3. The first-order chi connectivity index (χ1) is 20.2. The molecule has 0 spiro atoms. The molecule has 0 unspecified atom stereocenters. The van der Waals surface area contributed by atoms with Crippen LogP contribution >= 0.6 is 0 Å². The van der Waals surface area contributed by atoms with Gasteiger partial charge in [-0.05, 0) is 66.9 Å². The number of para-hydroxylation sites is 2. The van der Waals surface area contributed by atoms with Crippen molar-refractivity contribution >= 4 is 27.5 Å². The van der Waals surface area contributed by atoms with Crippen LogP contribution in [0.3, 0.4) is 0 Å². The quantitative estimate of drug-likeness (QED) is 0.279. The van der Waals surface area contributed by atoms with Crippen molar-refractivity contribution in [2.24, 2.45) is 0 Å². The molecular formula is C31H39N3O7S. The van der Waals surface area contributed by atoms with Crippen LogP contribution in [0.25, 0.3) is 0 Å². The average molecular weight is 598 g/mol. The summed E-state index contributed by atoms with van der Waals surface area (Å²) >= 11 is 0. The van der Waals surface area contributed by atoms with Gasteiger partial charge in [0, 0.05) is 13.1 Å². The highest BCUT2D eigenvalue weighted by Gasteiger charge is 2.34. The molecule has 0 heterocycles. The van der Waals surface area contributed by atoms with E-state index in [1.165, 1.54) is 43.4 Å². The molecule has 0 bridgehead atoms. The Labute approximate surface area is 248 Å². The van der Waals surface area contributed by atoms with Crippen molar-refractivity contribution in [3.05, 3.63) is 78.4 Å². The Hall–Kier alpha value is -4.25. The molecule has 0 aliphatic carbocycles. The third-order valence-corrected chi connectivity index (χ3v) is 8.50. The number of nitrogens with zero attached hydrogens (tertiary/aromatic N) is 2. The van der Waals surface area contributed by atoms with Crippen molar-refractivity contribution in [2.45, 2.75) is 44.2 Å². The van der Waals surface area contributed by atoms with Gasteiger partial charge in [-0.3, -0.25) is 13.9 Å². The highest BCUT2D eigenvalue weighted by Crippen LogP contribution is 2.33. The van der Waals surface area contributed by atoms with Crippen molar-refractivity contribution in [3.8, 4) is 17.2 Å². The van der Waals surface area contributed by atoms with Crippen molar-refractivity contribution in [3.63, 3.8) is 0 Å². The predicted octanol–water partition coefficient (Wildman–Crippen LogP) is 4.24. The van der Waals surface area contributed by atoms with Gasteiger partial charge in [-0.2, -0.15) is 0 Å². The number of hydrogen-bond donors (Lipinski definition) is 1. The van der Waals surface area contributed by atoms with E-state index in [0.717, 1.165) is 16.3 Å². The Morgan fingerprint density at radius 1 is 0.833 bits per heavy atom. The number of ether oxygens (including phenoxy) is 3. The van der Waals surface area contributed by atoms with Gasteiger partial charge in [0.05, 0.1) is 31.9 Å². The molecule has 0 aliphatic heterocycles. The maximum atomic E-state index is 14.2. The van der Waals surface area contributed by atoms with E-state index in [2.05, 4.69) is 5.32 Å². The second-order valence-electron chi connectivity index (χ2n) is 9.44. The second-order valence-corrected chi connectivity index (χ2v) is 11.3. The number of methoxy groups -OCH3 is 3. The van der Waals surface area contributed by atoms with E-state index in [4.69, 9.17) is 14.2 Å². The number of sulfonamides is 1. The minimum Gasteiger partial charge on any atom is -0.497 e. The Morgan fingerprint density at radius 3 is 1.98 bits per heavy atom. The van der Waals surface area contributed by atoms with E-state index in [1.54, 1.807) is 43.5 Å². The Morgan fingerprint density at radius 2 is 1.43 bits per heavy atom. The van der Waals surface area contributed by atoms with E-state index >= 15 is 0 Å². The summed E-state index contributed by atoms with van der Waals surface area (Å²) in [6.45, 7) is 3.73. The predicted molar refractivity (Wildman–Crippen MR) is 161 cm³/mol. The molecule has 226 valence electrons. The van der Waals surface area contributed by atoms with Gasteiger partial charge in [-0.15, -0.1) is 0 Å². The first-order valence-corrected chi connectivity index (χ1v) is 15.1. The van der Waals surface area contributed by atoms with Gasteiger partial charge in [0.2, 0.25) is 11.8 Å². The van der Waals surface area contributed by atoms with Crippen LogP contribution in [-0.2, 0) is 26.2 Å². The van der Waals surface area contributed by atoms with Gasteiger partial charge in [-0.1, -0.05) is 38.1 Å². The molecule has 42 heavy (non-hydrogen) atoms. The number of anilines is 1. The van der Waals surface area contributed by atoms with E-state index in [1.807, 2.05) is 26.0 Å². The van der Waals surface area contributed by atoms with Gasteiger partial charge < -0.3 is 24.4 Å². The summed E-state index contributed by atoms with van der Waals surface area (Å²) in [5.41, 5.74) is 0.949. The Bertz CT molecular complexity index is 1430. The van der Waals surface area contributed by atoms with Crippen LogP contribution in [0.15, 0.2) is 77.7 Å². The topological polar surface area (TPSA) is 114 Å². The number of rotatable bonds is 15. The van der Waals surface area contributed by atoms with Crippen LogP contribution in [0, 0.1) is 0 Å². The number of benzene rings is 3. The van der Waals surface area contributed by atoms with Gasteiger partial charge in [-0.25, -0.2) is 8.42 Å². The number of carbonyl (C=O) groups excluding carboxylic acids is 2. The maximum Gasteiger partial charge on any atom is 0.264 e. The average Bonchev–Trinajstić information content (AvgIpc) is 3.02. The minimum atomic E-state index is -4.26. The fourth-order valence-electron chi connectivity index (χ4n) is 4.44. The maximum absolute atomic E-state index is 14.2. The molecule has 2 amide bonds. The minimum absolute atomic E-state index is 0.0311. The van der Waals surface area contributed by atoms with Gasteiger partial charge in [0.15, 0.2) is 0 Å². The first-order valence-electron chi connectivity index (χ1n) is 13.7. The molecule has 0 aliphatic rings. The second kappa shape index (κ2) is 15.1.